The normalized spacial score (nSPS) is 49.7. The molecule has 3 heteroatoms. The lowest BCUT2D eigenvalue weighted by atomic mass is 9.48. The second-order valence-electron chi connectivity index (χ2n) is 9.55. The molecular weight excluding hydrogens is 322 g/mol. The molecule has 0 aromatic carbocycles. The van der Waals surface area contributed by atoms with Gasteiger partial charge in [0.15, 0.2) is 0 Å². The average molecular weight is 356 g/mol. The third-order valence-corrected chi connectivity index (χ3v) is 9.08. The second-order valence-corrected chi connectivity index (χ2v) is 9.55. The Morgan fingerprint density at radius 2 is 2.12 bits per heavy atom. The van der Waals surface area contributed by atoms with Crippen LogP contribution >= 0.6 is 0 Å². The standard InChI is InChI=1S/C23H33NO2/c1-2-22-9-6-18-17-5-4-16(24)13-19(17)15(14-25)12-20(18)21(22)7-10-23(22)8-3-11-26-23/h3,8,13,15,17-18,20-21,24-25H,2,4-7,9-12,14H2,1H3/t15?,17-,18?,20?,21?,22?,23?/m1/s1. The quantitative estimate of drug-likeness (QED) is 0.716. The molecule has 3 saturated carbocycles. The van der Waals surface area contributed by atoms with Crippen molar-refractivity contribution in [3.8, 4) is 0 Å². The van der Waals surface area contributed by atoms with Crippen LogP contribution in [0.3, 0.4) is 0 Å². The maximum atomic E-state index is 10.1. The number of allylic oxidation sites excluding steroid dienone is 1. The summed E-state index contributed by atoms with van der Waals surface area (Å²) in [4.78, 5) is 0. The highest BCUT2D eigenvalue weighted by atomic mass is 16.5. The number of aliphatic hydroxyl groups is 1. The Morgan fingerprint density at radius 3 is 2.85 bits per heavy atom. The van der Waals surface area contributed by atoms with Gasteiger partial charge in [-0.3, -0.25) is 0 Å². The van der Waals surface area contributed by atoms with Crippen molar-refractivity contribution in [3.63, 3.8) is 0 Å². The summed E-state index contributed by atoms with van der Waals surface area (Å²) in [6.07, 6.45) is 16.3. The van der Waals surface area contributed by atoms with Crippen LogP contribution in [0, 0.1) is 40.4 Å². The van der Waals surface area contributed by atoms with E-state index in [1.807, 2.05) is 0 Å². The maximum Gasteiger partial charge on any atom is 0.0926 e. The van der Waals surface area contributed by atoms with Gasteiger partial charge < -0.3 is 15.3 Å². The van der Waals surface area contributed by atoms with E-state index in [-0.39, 0.29) is 18.1 Å². The van der Waals surface area contributed by atoms with Crippen molar-refractivity contribution < 1.29 is 9.84 Å². The summed E-state index contributed by atoms with van der Waals surface area (Å²) in [5, 5.41) is 18.2. The van der Waals surface area contributed by atoms with Crippen molar-refractivity contribution in [2.24, 2.45) is 35.0 Å². The molecule has 0 radical (unpaired) electrons. The molecule has 142 valence electrons. The molecule has 5 rings (SSSR count). The van der Waals surface area contributed by atoms with E-state index in [1.54, 1.807) is 0 Å². The smallest absolute Gasteiger partial charge is 0.0926 e. The van der Waals surface area contributed by atoms with Gasteiger partial charge in [0.25, 0.3) is 0 Å². The molecule has 3 fully saturated rings. The van der Waals surface area contributed by atoms with Crippen LogP contribution in [0.15, 0.2) is 23.8 Å². The van der Waals surface area contributed by atoms with Crippen molar-refractivity contribution >= 4 is 5.71 Å². The van der Waals surface area contributed by atoms with Crippen LogP contribution in [-0.2, 0) is 4.74 Å². The lowest BCUT2D eigenvalue weighted by Crippen LogP contribution is -2.54. The van der Waals surface area contributed by atoms with Crippen LogP contribution in [-0.4, -0.2) is 29.6 Å². The van der Waals surface area contributed by atoms with E-state index in [0.717, 1.165) is 49.3 Å². The van der Waals surface area contributed by atoms with Gasteiger partial charge in [-0.2, -0.15) is 0 Å². The van der Waals surface area contributed by atoms with Gasteiger partial charge in [-0.05, 0) is 81.1 Å². The van der Waals surface area contributed by atoms with Crippen LogP contribution < -0.4 is 0 Å². The molecule has 7 atom stereocenters. The zero-order chi connectivity index (χ0) is 17.9. The fourth-order valence-corrected chi connectivity index (χ4v) is 8.08. The van der Waals surface area contributed by atoms with Crippen molar-refractivity contribution in [3.05, 3.63) is 23.8 Å². The molecule has 3 nitrogen and oxygen atoms in total. The molecule has 6 unspecified atom stereocenters. The monoisotopic (exact) mass is 355 g/mol. The summed E-state index contributed by atoms with van der Waals surface area (Å²) < 4.78 is 6.42. The minimum atomic E-state index is -0.00307. The van der Waals surface area contributed by atoms with Gasteiger partial charge in [-0.1, -0.05) is 24.6 Å². The van der Waals surface area contributed by atoms with Crippen LogP contribution in [0.25, 0.3) is 0 Å². The molecule has 1 aliphatic heterocycles. The van der Waals surface area contributed by atoms with Crippen molar-refractivity contribution in [2.45, 2.75) is 63.9 Å². The average Bonchev–Trinajstić information content (AvgIpc) is 3.27. The Kier molecular flexibility index (Phi) is 3.99. The molecule has 0 aromatic heterocycles. The summed E-state index contributed by atoms with van der Waals surface area (Å²) in [6.45, 7) is 3.43. The molecule has 1 heterocycles. The van der Waals surface area contributed by atoms with Crippen LogP contribution in [0.4, 0.5) is 0 Å². The van der Waals surface area contributed by atoms with Gasteiger partial charge in [-0.15, -0.1) is 0 Å². The van der Waals surface area contributed by atoms with Gasteiger partial charge >= 0.3 is 0 Å². The lowest BCUT2D eigenvalue weighted by Gasteiger charge is -2.58. The molecule has 0 amide bonds. The molecular formula is C23H33NO2. The van der Waals surface area contributed by atoms with Gasteiger partial charge in [-0.25, -0.2) is 0 Å². The Balaban J connectivity index is 1.52. The largest absolute Gasteiger partial charge is 0.396 e. The number of nitrogens with one attached hydrogen (secondary N) is 1. The van der Waals surface area contributed by atoms with Crippen LogP contribution in [0.1, 0.15) is 58.3 Å². The Hall–Kier alpha value is -0.930. The van der Waals surface area contributed by atoms with Crippen LogP contribution in [0.5, 0.6) is 0 Å². The maximum absolute atomic E-state index is 10.1. The van der Waals surface area contributed by atoms with E-state index in [1.165, 1.54) is 37.7 Å². The van der Waals surface area contributed by atoms with Gasteiger partial charge in [0.1, 0.15) is 0 Å². The summed E-state index contributed by atoms with van der Waals surface area (Å²) in [6, 6.07) is 0. The Labute approximate surface area is 157 Å². The van der Waals surface area contributed by atoms with Crippen molar-refractivity contribution in [1.29, 1.82) is 5.41 Å². The van der Waals surface area contributed by atoms with Gasteiger partial charge in [0.2, 0.25) is 0 Å². The number of fused-ring (bicyclic) bond motifs is 6. The topological polar surface area (TPSA) is 53.3 Å². The highest BCUT2D eigenvalue weighted by Crippen LogP contribution is 2.68. The number of aliphatic hydroxyl groups excluding tert-OH is 1. The number of hydrogen-bond donors (Lipinski definition) is 2. The summed E-state index contributed by atoms with van der Waals surface area (Å²) >= 11 is 0. The van der Waals surface area contributed by atoms with Crippen molar-refractivity contribution in [1.82, 2.24) is 0 Å². The van der Waals surface area contributed by atoms with Gasteiger partial charge in [0.05, 0.1) is 12.2 Å². The fourth-order valence-electron chi connectivity index (χ4n) is 8.08. The highest BCUT2D eigenvalue weighted by Gasteiger charge is 2.65. The highest BCUT2D eigenvalue weighted by molar-refractivity contribution is 5.94. The molecule has 2 N–H and O–H groups in total. The first-order valence-electron chi connectivity index (χ1n) is 10.9. The molecule has 0 aromatic rings. The number of rotatable bonds is 2. The van der Waals surface area contributed by atoms with E-state index >= 15 is 0 Å². The van der Waals surface area contributed by atoms with E-state index < -0.39 is 0 Å². The van der Waals surface area contributed by atoms with E-state index in [9.17, 15) is 5.11 Å². The zero-order valence-electron chi connectivity index (χ0n) is 16.0. The molecule has 5 aliphatic rings. The number of ether oxygens (including phenoxy) is 1. The first-order chi connectivity index (χ1) is 12.6. The fraction of sp³-hybridized carbons (Fsp3) is 0.783. The molecule has 26 heavy (non-hydrogen) atoms. The van der Waals surface area contributed by atoms with Gasteiger partial charge in [0, 0.05) is 23.7 Å². The zero-order valence-corrected chi connectivity index (χ0v) is 16.0. The Morgan fingerprint density at radius 1 is 1.23 bits per heavy atom. The van der Waals surface area contributed by atoms with Crippen molar-refractivity contribution in [2.75, 3.05) is 13.2 Å². The van der Waals surface area contributed by atoms with Crippen LogP contribution in [0.2, 0.25) is 0 Å². The molecule has 0 bridgehead atoms. The third kappa shape index (κ3) is 2.10. The minimum absolute atomic E-state index is 0.00307. The predicted molar refractivity (Wildman–Crippen MR) is 103 cm³/mol. The third-order valence-electron chi connectivity index (χ3n) is 9.08. The minimum Gasteiger partial charge on any atom is -0.396 e. The van der Waals surface area contributed by atoms with E-state index in [4.69, 9.17) is 10.1 Å². The molecule has 1 spiro atoms. The Bertz CT molecular complexity index is 667. The first kappa shape index (κ1) is 17.2. The number of hydrogen-bond acceptors (Lipinski definition) is 3. The first-order valence-corrected chi connectivity index (χ1v) is 10.9. The lowest BCUT2D eigenvalue weighted by molar-refractivity contribution is -0.126. The van der Waals surface area contributed by atoms with E-state index in [0.29, 0.717) is 11.3 Å². The van der Waals surface area contributed by atoms with E-state index in [2.05, 4.69) is 25.2 Å². The predicted octanol–water partition coefficient (Wildman–Crippen LogP) is 4.51. The summed E-state index contributed by atoms with van der Waals surface area (Å²) in [5.74, 6) is 3.14. The molecule has 4 aliphatic carbocycles. The second kappa shape index (κ2) is 6.04. The SMILES string of the molecule is CCC12CCC3C(CC(CO)C4=CC(=N)CC[C@@H]43)C1CCC21C=CCO1. The molecule has 0 saturated heterocycles. The summed E-state index contributed by atoms with van der Waals surface area (Å²) in [7, 11) is 0. The summed E-state index contributed by atoms with van der Waals surface area (Å²) in [5.41, 5.74) is 2.50.